The maximum Gasteiger partial charge on any atom is 0.234 e. The van der Waals surface area contributed by atoms with Crippen LogP contribution in [0.5, 0.6) is 0 Å². The van der Waals surface area contributed by atoms with Gasteiger partial charge in [-0.15, -0.1) is 0 Å². The van der Waals surface area contributed by atoms with E-state index in [1.54, 1.807) is 6.20 Å². The summed E-state index contributed by atoms with van der Waals surface area (Å²) < 4.78 is 28.7. The SMILES string of the molecule is Cc1cc(C)cc(-n2ccnc2SCC(=O)Nc2cc(F)ccc2F)c1. The Kier molecular flexibility index (Phi) is 5.37. The summed E-state index contributed by atoms with van der Waals surface area (Å²) in [6.07, 6.45) is 3.48. The summed E-state index contributed by atoms with van der Waals surface area (Å²) in [6, 6.07) is 9.07. The van der Waals surface area contributed by atoms with Crippen molar-refractivity contribution in [2.24, 2.45) is 0 Å². The Bertz CT molecular complexity index is 935. The molecule has 0 bridgehead atoms. The van der Waals surface area contributed by atoms with Crippen molar-refractivity contribution in [3.8, 4) is 5.69 Å². The average molecular weight is 373 g/mol. The number of hydrogen-bond donors (Lipinski definition) is 1. The van der Waals surface area contributed by atoms with Gasteiger partial charge < -0.3 is 5.32 Å². The van der Waals surface area contributed by atoms with Crippen LogP contribution in [-0.2, 0) is 4.79 Å². The zero-order chi connectivity index (χ0) is 18.7. The lowest BCUT2D eigenvalue weighted by molar-refractivity contribution is -0.113. The van der Waals surface area contributed by atoms with Crippen molar-refractivity contribution in [1.82, 2.24) is 9.55 Å². The predicted octanol–water partition coefficient (Wildman–Crippen LogP) is 4.50. The van der Waals surface area contributed by atoms with Crippen LogP contribution in [0, 0.1) is 25.5 Å². The number of carbonyl (C=O) groups is 1. The quantitative estimate of drug-likeness (QED) is 0.670. The monoisotopic (exact) mass is 373 g/mol. The van der Waals surface area contributed by atoms with Crippen LogP contribution in [0.2, 0.25) is 0 Å². The first-order valence-corrected chi connectivity index (χ1v) is 8.90. The molecule has 0 radical (unpaired) electrons. The average Bonchev–Trinajstić information content (AvgIpc) is 3.04. The molecule has 0 spiro atoms. The second kappa shape index (κ2) is 7.70. The molecule has 0 aliphatic heterocycles. The highest BCUT2D eigenvalue weighted by Crippen LogP contribution is 2.23. The fraction of sp³-hybridized carbons (Fsp3) is 0.158. The molecule has 1 aromatic heterocycles. The van der Waals surface area contributed by atoms with E-state index in [0.29, 0.717) is 5.16 Å². The van der Waals surface area contributed by atoms with Crippen molar-refractivity contribution in [2.45, 2.75) is 19.0 Å². The molecule has 0 unspecified atom stereocenters. The van der Waals surface area contributed by atoms with E-state index >= 15 is 0 Å². The number of nitrogens with zero attached hydrogens (tertiary/aromatic N) is 2. The van der Waals surface area contributed by atoms with Crippen molar-refractivity contribution in [3.05, 3.63) is 71.6 Å². The Hall–Kier alpha value is -2.67. The minimum atomic E-state index is -0.679. The molecular weight excluding hydrogens is 356 g/mol. The topological polar surface area (TPSA) is 46.9 Å². The van der Waals surface area contributed by atoms with Crippen LogP contribution >= 0.6 is 11.8 Å². The number of hydrogen-bond acceptors (Lipinski definition) is 3. The van der Waals surface area contributed by atoms with E-state index in [1.165, 1.54) is 11.8 Å². The van der Waals surface area contributed by atoms with Crippen LogP contribution in [0.3, 0.4) is 0 Å². The molecule has 0 aliphatic rings. The third kappa shape index (κ3) is 4.29. The number of anilines is 1. The van der Waals surface area contributed by atoms with Crippen molar-refractivity contribution < 1.29 is 13.6 Å². The normalized spacial score (nSPS) is 10.8. The molecule has 26 heavy (non-hydrogen) atoms. The zero-order valence-electron chi connectivity index (χ0n) is 14.3. The van der Waals surface area contributed by atoms with Gasteiger partial charge in [0.25, 0.3) is 0 Å². The molecular formula is C19H17F2N3OS. The molecule has 3 rings (SSSR count). The first kappa shape index (κ1) is 18.1. The van der Waals surface area contributed by atoms with Gasteiger partial charge in [-0.2, -0.15) is 0 Å². The molecule has 0 fully saturated rings. The molecule has 134 valence electrons. The van der Waals surface area contributed by atoms with Gasteiger partial charge in [-0.05, 0) is 49.2 Å². The summed E-state index contributed by atoms with van der Waals surface area (Å²) in [7, 11) is 0. The number of rotatable bonds is 5. The fourth-order valence-corrected chi connectivity index (χ4v) is 3.37. The number of benzene rings is 2. The van der Waals surface area contributed by atoms with Gasteiger partial charge in [0, 0.05) is 24.1 Å². The second-order valence-corrected chi connectivity index (χ2v) is 6.83. The minimum Gasteiger partial charge on any atom is -0.323 e. The van der Waals surface area contributed by atoms with E-state index < -0.39 is 17.5 Å². The van der Waals surface area contributed by atoms with Crippen LogP contribution < -0.4 is 5.32 Å². The Morgan fingerprint density at radius 2 is 1.88 bits per heavy atom. The molecule has 7 heteroatoms. The zero-order valence-corrected chi connectivity index (χ0v) is 15.1. The highest BCUT2D eigenvalue weighted by Gasteiger charge is 2.12. The van der Waals surface area contributed by atoms with Gasteiger partial charge in [0.2, 0.25) is 5.91 Å². The highest BCUT2D eigenvalue weighted by atomic mass is 32.2. The number of carbonyl (C=O) groups excluding carboxylic acids is 1. The second-order valence-electron chi connectivity index (χ2n) is 5.89. The van der Waals surface area contributed by atoms with E-state index in [0.717, 1.165) is 35.0 Å². The van der Waals surface area contributed by atoms with Crippen molar-refractivity contribution in [3.63, 3.8) is 0 Å². The van der Waals surface area contributed by atoms with Gasteiger partial charge in [-0.25, -0.2) is 13.8 Å². The van der Waals surface area contributed by atoms with E-state index in [1.807, 2.05) is 36.7 Å². The Labute approximate surface area is 154 Å². The number of thioether (sulfide) groups is 1. The summed E-state index contributed by atoms with van der Waals surface area (Å²) in [6.45, 7) is 4.03. The molecule has 1 amide bonds. The van der Waals surface area contributed by atoms with E-state index in [9.17, 15) is 13.6 Å². The Morgan fingerprint density at radius 3 is 2.62 bits per heavy atom. The fourth-order valence-electron chi connectivity index (χ4n) is 2.59. The van der Waals surface area contributed by atoms with Gasteiger partial charge in [-0.1, -0.05) is 17.8 Å². The molecule has 4 nitrogen and oxygen atoms in total. The lowest BCUT2D eigenvalue weighted by Gasteiger charge is -2.10. The third-order valence-corrected chi connectivity index (χ3v) is 4.59. The van der Waals surface area contributed by atoms with Gasteiger partial charge in [-0.3, -0.25) is 9.36 Å². The smallest absolute Gasteiger partial charge is 0.234 e. The van der Waals surface area contributed by atoms with E-state index in [4.69, 9.17) is 0 Å². The van der Waals surface area contributed by atoms with Crippen molar-refractivity contribution >= 4 is 23.4 Å². The summed E-state index contributed by atoms with van der Waals surface area (Å²) in [5.74, 6) is -1.70. The number of amides is 1. The molecule has 0 saturated heterocycles. The Morgan fingerprint density at radius 1 is 1.15 bits per heavy atom. The van der Waals surface area contributed by atoms with Gasteiger partial charge >= 0.3 is 0 Å². The van der Waals surface area contributed by atoms with Crippen molar-refractivity contribution in [2.75, 3.05) is 11.1 Å². The number of aryl methyl sites for hydroxylation is 2. The molecule has 2 aromatic carbocycles. The summed E-state index contributed by atoms with van der Waals surface area (Å²) in [4.78, 5) is 16.3. The van der Waals surface area contributed by atoms with Gasteiger partial charge in [0.05, 0.1) is 11.4 Å². The number of aromatic nitrogens is 2. The van der Waals surface area contributed by atoms with Crippen LogP contribution in [0.25, 0.3) is 5.69 Å². The number of nitrogens with one attached hydrogen (secondary N) is 1. The van der Waals surface area contributed by atoms with E-state index in [2.05, 4.69) is 16.4 Å². The number of halogens is 2. The van der Waals surface area contributed by atoms with Crippen LogP contribution in [0.15, 0.2) is 53.9 Å². The first-order chi connectivity index (χ1) is 12.4. The lowest BCUT2D eigenvalue weighted by atomic mass is 10.1. The van der Waals surface area contributed by atoms with Crippen LogP contribution in [-0.4, -0.2) is 21.2 Å². The van der Waals surface area contributed by atoms with Crippen LogP contribution in [0.1, 0.15) is 11.1 Å². The van der Waals surface area contributed by atoms with Gasteiger partial charge in [0.1, 0.15) is 11.6 Å². The first-order valence-electron chi connectivity index (χ1n) is 7.92. The van der Waals surface area contributed by atoms with E-state index in [-0.39, 0.29) is 11.4 Å². The molecule has 0 saturated carbocycles. The third-order valence-electron chi connectivity index (χ3n) is 3.63. The minimum absolute atomic E-state index is 0.0256. The van der Waals surface area contributed by atoms with Gasteiger partial charge in [0.15, 0.2) is 5.16 Å². The maximum atomic E-state index is 13.6. The molecule has 3 aromatic rings. The molecule has 0 atom stereocenters. The standard InChI is InChI=1S/C19H17F2N3OS/c1-12-7-13(2)9-15(8-12)24-6-5-22-19(24)26-11-18(25)23-17-10-14(20)3-4-16(17)21/h3-10H,11H2,1-2H3,(H,23,25). The van der Waals surface area contributed by atoms with Crippen molar-refractivity contribution in [1.29, 1.82) is 0 Å². The van der Waals surface area contributed by atoms with Crippen LogP contribution in [0.4, 0.5) is 14.5 Å². The molecule has 1 heterocycles. The maximum absolute atomic E-state index is 13.6. The summed E-state index contributed by atoms with van der Waals surface area (Å²) >= 11 is 1.22. The highest BCUT2D eigenvalue weighted by molar-refractivity contribution is 7.99. The lowest BCUT2D eigenvalue weighted by Crippen LogP contribution is -2.15. The number of imidazole rings is 1. The molecule has 1 N–H and O–H groups in total. The Balaban J connectivity index is 1.70. The summed E-state index contributed by atoms with van der Waals surface area (Å²) in [5.41, 5.74) is 3.04. The molecule has 0 aliphatic carbocycles. The summed E-state index contributed by atoms with van der Waals surface area (Å²) in [5, 5.41) is 3.02. The largest absolute Gasteiger partial charge is 0.323 e. The predicted molar refractivity (Wildman–Crippen MR) is 98.7 cm³/mol.